The van der Waals surface area contributed by atoms with Crippen molar-refractivity contribution in [2.45, 2.75) is 181 Å². The predicted octanol–water partition coefficient (Wildman–Crippen LogP) is 11.3. The SMILES string of the molecule is CCCCCCCCC(CC(CC(CCCCCCCC)C(O)=S)(CC(CCCCCCCC)C(O)=S)C(CO)(CO)CCO)C(O)=S. The molecule has 0 rings (SSSR count). The minimum absolute atomic E-state index is 0.0974. The first-order valence-corrected chi connectivity index (χ1v) is 20.8. The van der Waals surface area contributed by atoms with Gasteiger partial charge in [0, 0.05) is 29.8 Å². The molecule has 0 spiro atoms. The van der Waals surface area contributed by atoms with Crippen LogP contribution in [0.2, 0.25) is 0 Å². The third-order valence-electron chi connectivity index (χ3n) is 11.0. The van der Waals surface area contributed by atoms with E-state index in [2.05, 4.69) is 20.8 Å². The highest BCUT2D eigenvalue weighted by Gasteiger charge is 2.53. The molecule has 0 aliphatic carbocycles. The fraction of sp³-hybridized carbons (Fsp3) is 0.923. The van der Waals surface area contributed by atoms with Gasteiger partial charge in [-0.25, -0.2) is 0 Å². The molecule has 0 saturated heterocycles. The van der Waals surface area contributed by atoms with Crippen LogP contribution in [0, 0.1) is 28.6 Å². The Morgan fingerprint density at radius 2 is 0.708 bits per heavy atom. The Bertz CT molecular complexity index is 746. The lowest BCUT2D eigenvalue weighted by Crippen LogP contribution is -2.52. The number of hydrogen-bond donors (Lipinski definition) is 6. The molecule has 6 nitrogen and oxygen atoms in total. The van der Waals surface area contributed by atoms with Crippen molar-refractivity contribution in [3.63, 3.8) is 0 Å². The topological polar surface area (TPSA) is 121 Å². The zero-order chi connectivity index (χ0) is 36.3. The summed E-state index contributed by atoms with van der Waals surface area (Å²) < 4.78 is 0. The van der Waals surface area contributed by atoms with Gasteiger partial charge in [-0.2, -0.15) is 0 Å². The minimum Gasteiger partial charge on any atom is -0.502 e. The van der Waals surface area contributed by atoms with Gasteiger partial charge in [0.05, 0.1) is 13.2 Å². The van der Waals surface area contributed by atoms with Gasteiger partial charge in [0.1, 0.15) is 0 Å². The van der Waals surface area contributed by atoms with Crippen LogP contribution in [-0.4, -0.2) is 65.6 Å². The van der Waals surface area contributed by atoms with Gasteiger partial charge in [0.2, 0.25) is 0 Å². The monoisotopic (exact) mass is 734 g/mol. The van der Waals surface area contributed by atoms with Crippen LogP contribution in [0.15, 0.2) is 0 Å². The Morgan fingerprint density at radius 1 is 0.438 bits per heavy atom. The molecule has 48 heavy (non-hydrogen) atoms. The molecule has 0 aliphatic heterocycles. The summed E-state index contributed by atoms with van der Waals surface area (Å²) in [5.41, 5.74) is -2.13. The van der Waals surface area contributed by atoms with Gasteiger partial charge >= 0.3 is 0 Å². The van der Waals surface area contributed by atoms with Crippen LogP contribution in [0.4, 0.5) is 0 Å². The van der Waals surface area contributed by atoms with Crippen molar-refractivity contribution in [3.05, 3.63) is 0 Å². The smallest absolute Gasteiger partial charge is 0.159 e. The lowest BCUT2D eigenvalue weighted by Gasteiger charge is -2.53. The van der Waals surface area contributed by atoms with E-state index in [0.717, 1.165) is 57.8 Å². The van der Waals surface area contributed by atoms with Gasteiger partial charge in [-0.15, -0.1) is 0 Å². The van der Waals surface area contributed by atoms with Crippen molar-refractivity contribution in [2.24, 2.45) is 28.6 Å². The third kappa shape index (κ3) is 18.7. The molecule has 6 N–H and O–H groups in total. The van der Waals surface area contributed by atoms with Gasteiger partial charge in [0.25, 0.3) is 0 Å². The predicted molar refractivity (Wildman–Crippen MR) is 215 cm³/mol. The second-order valence-corrected chi connectivity index (χ2v) is 16.0. The second kappa shape index (κ2) is 29.2. The van der Waals surface area contributed by atoms with E-state index in [1.54, 1.807) is 0 Å². The lowest BCUT2D eigenvalue weighted by atomic mass is 9.52. The van der Waals surface area contributed by atoms with Crippen LogP contribution in [0.3, 0.4) is 0 Å². The van der Waals surface area contributed by atoms with Crippen LogP contribution in [0.5, 0.6) is 0 Å². The van der Waals surface area contributed by atoms with E-state index in [-0.39, 0.29) is 28.2 Å². The van der Waals surface area contributed by atoms with Crippen molar-refractivity contribution < 1.29 is 30.6 Å². The number of aliphatic hydroxyl groups excluding tert-OH is 6. The third-order valence-corrected chi connectivity index (χ3v) is 12.0. The molecule has 0 radical (unpaired) electrons. The Labute approximate surface area is 310 Å². The lowest BCUT2D eigenvalue weighted by molar-refractivity contribution is -0.103. The molecule has 0 saturated carbocycles. The summed E-state index contributed by atoms with van der Waals surface area (Å²) in [6.07, 6.45) is 22.8. The van der Waals surface area contributed by atoms with E-state index in [9.17, 15) is 30.6 Å². The van der Waals surface area contributed by atoms with Gasteiger partial charge in [-0.3, -0.25) is 0 Å². The Balaban J connectivity index is 6.78. The summed E-state index contributed by atoms with van der Waals surface area (Å²) in [7, 11) is 0. The molecule has 3 unspecified atom stereocenters. The summed E-state index contributed by atoms with van der Waals surface area (Å²) in [5, 5.41) is 65.1. The Hall–Kier alpha value is -0.450. The van der Waals surface area contributed by atoms with Crippen LogP contribution in [-0.2, 0) is 0 Å². The van der Waals surface area contributed by atoms with Crippen molar-refractivity contribution in [1.29, 1.82) is 0 Å². The van der Waals surface area contributed by atoms with E-state index < -0.39 is 41.8 Å². The van der Waals surface area contributed by atoms with Gasteiger partial charge in [0.15, 0.2) is 15.2 Å². The Kier molecular flexibility index (Phi) is 28.9. The molecule has 9 heteroatoms. The highest BCUT2D eigenvalue weighted by atomic mass is 32.1. The standard InChI is InChI=1S/C39H74O6S3/c1-4-7-10-13-16-19-22-32(35(43)46)27-39(38(30-41,31-42)25-26-40,28-33(36(44)47)23-20-17-14-11-8-5-2)29-34(37(45)48)24-21-18-15-12-9-6-3/h32-34,40-42H,4-31H2,1-3H3,(H,43,46)(H,44,47)(H,45,48). The minimum atomic E-state index is -1.18. The maximum absolute atomic E-state index is 11.1. The van der Waals surface area contributed by atoms with Crippen molar-refractivity contribution >= 4 is 51.8 Å². The first-order valence-electron chi connectivity index (χ1n) is 19.5. The fourth-order valence-corrected chi connectivity index (χ4v) is 8.39. The highest BCUT2D eigenvalue weighted by molar-refractivity contribution is 7.80. The van der Waals surface area contributed by atoms with Crippen molar-refractivity contribution in [1.82, 2.24) is 0 Å². The van der Waals surface area contributed by atoms with Crippen molar-refractivity contribution in [3.8, 4) is 0 Å². The zero-order valence-corrected chi connectivity index (χ0v) is 33.4. The number of unbranched alkanes of at least 4 members (excludes halogenated alkanes) is 15. The quantitative estimate of drug-likeness (QED) is 0.0279. The van der Waals surface area contributed by atoms with E-state index in [4.69, 9.17) is 36.7 Å². The number of thiocarbonyl (C=S) groups is 3. The molecule has 0 bridgehead atoms. The van der Waals surface area contributed by atoms with E-state index >= 15 is 0 Å². The molecule has 0 aromatic heterocycles. The normalized spacial score (nSPS) is 15.1. The molecule has 0 heterocycles. The number of hydrogen-bond acceptors (Lipinski definition) is 6. The van der Waals surface area contributed by atoms with Crippen LogP contribution >= 0.6 is 36.7 Å². The number of rotatable bonds is 35. The molecule has 0 aliphatic rings. The van der Waals surface area contributed by atoms with Crippen LogP contribution in [0.25, 0.3) is 0 Å². The van der Waals surface area contributed by atoms with E-state index in [0.29, 0.717) is 38.5 Å². The number of aliphatic hydroxyl groups is 6. The highest BCUT2D eigenvalue weighted by Crippen LogP contribution is 2.56. The van der Waals surface area contributed by atoms with Gasteiger partial charge < -0.3 is 30.6 Å². The van der Waals surface area contributed by atoms with Crippen LogP contribution < -0.4 is 0 Å². The van der Waals surface area contributed by atoms with Crippen LogP contribution in [0.1, 0.15) is 181 Å². The largest absolute Gasteiger partial charge is 0.502 e. The maximum atomic E-state index is 11.1. The summed E-state index contributed by atoms with van der Waals surface area (Å²) in [4.78, 5) is 0. The molecular formula is C39H74O6S3. The molecule has 0 fully saturated rings. The Morgan fingerprint density at radius 3 is 0.938 bits per heavy atom. The maximum Gasteiger partial charge on any atom is 0.159 e. The average Bonchev–Trinajstić information content (AvgIpc) is 3.06. The van der Waals surface area contributed by atoms with Gasteiger partial charge in [-0.1, -0.05) is 136 Å². The first kappa shape index (κ1) is 47.5. The molecular weight excluding hydrogens is 661 g/mol. The fourth-order valence-electron chi connectivity index (χ4n) is 7.79. The average molecular weight is 735 g/mol. The molecule has 284 valence electrons. The molecule has 0 aromatic carbocycles. The molecule has 0 amide bonds. The summed E-state index contributed by atoms with van der Waals surface area (Å²) in [6.45, 7) is 5.50. The summed E-state index contributed by atoms with van der Waals surface area (Å²) in [6, 6.07) is 0. The second-order valence-electron chi connectivity index (χ2n) is 14.7. The molecule has 0 aromatic rings. The van der Waals surface area contributed by atoms with Gasteiger partial charge in [-0.05, 0) is 87.0 Å². The van der Waals surface area contributed by atoms with E-state index in [1.807, 2.05) is 0 Å². The molecule has 3 atom stereocenters. The summed E-state index contributed by atoms with van der Waals surface area (Å²) >= 11 is 16.4. The zero-order valence-electron chi connectivity index (χ0n) is 30.9. The van der Waals surface area contributed by atoms with E-state index in [1.165, 1.54) is 57.8 Å². The van der Waals surface area contributed by atoms with Crippen molar-refractivity contribution in [2.75, 3.05) is 19.8 Å². The first-order chi connectivity index (χ1) is 23.0. The summed E-state index contributed by atoms with van der Waals surface area (Å²) in [5.74, 6) is -1.19.